The molecule has 0 fully saturated rings. The summed E-state index contributed by atoms with van der Waals surface area (Å²) in [4.78, 5) is 0. The Morgan fingerprint density at radius 1 is 0.744 bits per heavy atom. The summed E-state index contributed by atoms with van der Waals surface area (Å²) in [5.41, 5.74) is 12.2. The molecule has 1 nitrogen and oxygen atoms in total. The van der Waals surface area contributed by atoms with Crippen molar-refractivity contribution in [1.29, 1.82) is 0 Å². The molecule has 2 heterocycles. The van der Waals surface area contributed by atoms with E-state index in [2.05, 4.69) is 163 Å². The Morgan fingerprint density at radius 2 is 1.44 bits per heavy atom. The van der Waals surface area contributed by atoms with E-state index < -0.39 is 0 Å². The largest absolute Gasteiger partial charge is 0.310 e. The lowest BCUT2D eigenvalue weighted by atomic mass is 9.81. The van der Waals surface area contributed by atoms with Crippen LogP contribution in [0.4, 0.5) is 0 Å². The minimum Gasteiger partial charge on any atom is -0.310 e. The number of aromatic nitrogens is 1. The van der Waals surface area contributed by atoms with Crippen LogP contribution < -0.4 is 0 Å². The molecule has 208 valence electrons. The number of hydrogen-bond acceptors (Lipinski definition) is 1. The lowest BCUT2D eigenvalue weighted by Crippen LogP contribution is -2.15. The number of aryl methyl sites for hydroxylation is 1. The Morgan fingerprint density at radius 3 is 2.23 bits per heavy atom. The van der Waals surface area contributed by atoms with Gasteiger partial charge in [0.2, 0.25) is 0 Å². The number of halogens is 1. The quantitative estimate of drug-likeness (QED) is 0.182. The second-order valence-electron chi connectivity index (χ2n) is 12.0. The maximum absolute atomic E-state index is 4.58. The summed E-state index contributed by atoms with van der Waals surface area (Å²) in [6.45, 7) is 11.5. The molecule has 5 aromatic carbocycles. The van der Waals surface area contributed by atoms with Gasteiger partial charge in [-0.1, -0.05) is 99.3 Å². The molecular weight excluding hydrogens is 606 g/mol. The van der Waals surface area contributed by atoms with E-state index in [0.29, 0.717) is 0 Å². The van der Waals surface area contributed by atoms with Gasteiger partial charge in [-0.3, -0.25) is 0 Å². The summed E-state index contributed by atoms with van der Waals surface area (Å²) >= 11 is 5.65. The monoisotopic (exact) mass is 635 g/mol. The number of para-hydroxylation sites is 1. The first kappa shape index (κ1) is 26.4. The Balaban J connectivity index is 1.38. The topological polar surface area (TPSA) is 4.93 Å². The standard InChI is InChI=1S/C40H30BrNS/c1-24-28-14-8-9-18-33(28)40(3,4)34(24)23-37-25(2)32-22-26(20-21-36(32)42(37)27-12-6-5-7-13-27)29-15-10-16-30-31-17-11-19-35(41)39(31)43-38(29)30/h5-23H,1H2,2-4H3/b34-23+. The summed E-state index contributed by atoms with van der Waals surface area (Å²) in [6, 6.07) is 39.6. The van der Waals surface area contributed by atoms with Crippen molar-refractivity contribution in [3.63, 3.8) is 0 Å². The predicted octanol–water partition coefficient (Wildman–Crippen LogP) is 12.1. The summed E-state index contributed by atoms with van der Waals surface area (Å²) in [5, 5.41) is 3.88. The van der Waals surface area contributed by atoms with E-state index in [1.54, 1.807) is 0 Å². The zero-order valence-electron chi connectivity index (χ0n) is 24.4. The van der Waals surface area contributed by atoms with Crippen LogP contribution in [0.1, 0.15) is 36.2 Å². The summed E-state index contributed by atoms with van der Waals surface area (Å²) < 4.78 is 6.20. The molecule has 0 bridgehead atoms. The Hall–Kier alpha value is -4.18. The van der Waals surface area contributed by atoms with Crippen molar-refractivity contribution in [2.75, 3.05) is 0 Å². The van der Waals surface area contributed by atoms with Gasteiger partial charge in [0, 0.05) is 41.1 Å². The molecule has 0 atom stereocenters. The van der Waals surface area contributed by atoms with Gasteiger partial charge in [-0.15, -0.1) is 11.3 Å². The Bertz CT molecular complexity index is 2290. The van der Waals surface area contributed by atoms with Gasteiger partial charge < -0.3 is 4.57 Å². The van der Waals surface area contributed by atoms with Gasteiger partial charge in [0.1, 0.15) is 0 Å². The summed E-state index contributed by atoms with van der Waals surface area (Å²) in [6.07, 6.45) is 2.40. The maximum atomic E-state index is 4.58. The van der Waals surface area contributed by atoms with E-state index >= 15 is 0 Å². The van der Waals surface area contributed by atoms with Crippen LogP contribution in [0.25, 0.3) is 59.5 Å². The molecule has 1 aliphatic rings. The zero-order valence-corrected chi connectivity index (χ0v) is 26.8. The van der Waals surface area contributed by atoms with E-state index in [1.807, 2.05) is 11.3 Å². The van der Waals surface area contributed by atoms with Crippen LogP contribution in [0.5, 0.6) is 0 Å². The first-order valence-corrected chi connectivity index (χ1v) is 16.3. The summed E-state index contributed by atoms with van der Waals surface area (Å²) in [7, 11) is 0. The highest BCUT2D eigenvalue weighted by atomic mass is 79.9. The molecule has 3 heteroatoms. The highest BCUT2D eigenvalue weighted by Crippen LogP contribution is 2.50. The van der Waals surface area contributed by atoms with Gasteiger partial charge in [0.05, 0.1) is 11.2 Å². The van der Waals surface area contributed by atoms with Crippen LogP contribution in [0.3, 0.4) is 0 Å². The number of allylic oxidation sites excluding steroid dienone is 2. The fraction of sp³-hybridized carbons (Fsp3) is 0.100. The minimum atomic E-state index is -0.131. The smallest absolute Gasteiger partial charge is 0.0537 e. The normalized spacial score (nSPS) is 15.3. The molecular formula is C40H30BrNS. The minimum absolute atomic E-state index is 0.131. The molecule has 0 spiro atoms. The van der Waals surface area contributed by atoms with E-state index in [-0.39, 0.29) is 5.41 Å². The van der Waals surface area contributed by atoms with E-state index in [4.69, 9.17) is 0 Å². The number of rotatable bonds is 3. The van der Waals surface area contributed by atoms with Gasteiger partial charge >= 0.3 is 0 Å². The van der Waals surface area contributed by atoms with Crippen molar-refractivity contribution >= 4 is 70.0 Å². The second kappa shape index (κ2) is 9.67. The van der Waals surface area contributed by atoms with Crippen molar-refractivity contribution < 1.29 is 0 Å². The molecule has 8 rings (SSSR count). The van der Waals surface area contributed by atoms with Gasteiger partial charge in [-0.05, 0) is 98.2 Å². The SMILES string of the molecule is C=C1/C(=C\c2c(C)c3cc(-c4cccc5c4sc4c(Br)cccc45)ccc3n2-c2ccccc2)C(C)(C)c2ccccc21. The first-order valence-electron chi connectivity index (χ1n) is 14.7. The van der Waals surface area contributed by atoms with Gasteiger partial charge in [-0.2, -0.15) is 0 Å². The summed E-state index contributed by atoms with van der Waals surface area (Å²) in [5.74, 6) is 0. The van der Waals surface area contributed by atoms with Crippen LogP contribution in [-0.2, 0) is 5.41 Å². The van der Waals surface area contributed by atoms with Crippen molar-refractivity contribution in [3.05, 3.63) is 148 Å². The number of benzene rings is 5. The van der Waals surface area contributed by atoms with Crippen molar-refractivity contribution in [3.8, 4) is 16.8 Å². The fourth-order valence-corrected chi connectivity index (χ4v) is 8.89. The van der Waals surface area contributed by atoms with Crippen LogP contribution in [0.15, 0.2) is 126 Å². The molecule has 0 radical (unpaired) electrons. The molecule has 2 aromatic heterocycles. The lowest BCUT2D eigenvalue weighted by molar-refractivity contribution is 0.664. The molecule has 0 N–H and O–H groups in total. The van der Waals surface area contributed by atoms with Gasteiger partial charge in [0.25, 0.3) is 0 Å². The van der Waals surface area contributed by atoms with Gasteiger partial charge in [0.15, 0.2) is 0 Å². The average Bonchev–Trinajstić information content (AvgIpc) is 3.61. The predicted molar refractivity (Wildman–Crippen MR) is 191 cm³/mol. The van der Waals surface area contributed by atoms with Crippen LogP contribution in [0.2, 0.25) is 0 Å². The zero-order chi connectivity index (χ0) is 29.5. The van der Waals surface area contributed by atoms with E-state index in [1.165, 1.54) is 70.2 Å². The van der Waals surface area contributed by atoms with Crippen LogP contribution >= 0.6 is 27.3 Å². The first-order chi connectivity index (χ1) is 20.8. The van der Waals surface area contributed by atoms with Crippen LogP contribution in [-0.4, -0.2) is 4.57 Å². The van der Waals surface area contributed by atoms with E-state index in [9.17, 15) is 0 Å². The molecule has 43 heavy (non-hydrogen) atoms. The van der Waals surface area contributed by atoms with Crippen molar-refractivity contribution in [1.82, 2.24) is 4.57 Å². The molecule has 1 aliphatic carbocycles. The number of thiophene rings is 1. The number of fused-ring (bicyclic) bond motifs is 5. The molecule has 7 aromatic rings. The third-order valence-corrected chi connectivity index (χ3v) is 11.5. The molecule has 0 saturated carbocycles. The van der Waals surface area contributed by atoms with E-state index in [0.717, 1.165) is 15.7 Å². The number of hydrogen-bond donors (Lipinski definition) is 0. The Labute approximate surface area is 264 Å². The third-order valence-electron chi connectivity index (χ3n) is 9.27. The van der Waals surface area contributed by atoms with Crippen molar-refractivity contribution in [2.45, 2.75) is 26.2 Å². The number of nitrogens with zero attached hydrogens (tertiary/aromatic N) is 1. The molecule has 0 aliphatic heterocycles. The van der Waals surface area contributed by atoms with Gasteiger partial charge in [-0.25, -0.2) is 0 Å². The fourth-order valence-electron chi connectivity index (χ4n) is 7.04. The van der Waals surface area contributed by atoms with Crippen LogP contribution in [0, 0.1) is 6.92 Å². The molecule has 0 saturated heterocycles. The molecule has 0 amide bonds. The maximum Gasteiger partial charge on any atom is 0.0537 e. The Kier molecular flexibility index (Phi) is 5.95. The lowest BCUT2D eigenvalue weighted by Gasteiger charge is -2.22. The average molecular weight is 637 g/mol. The molecule has 0 unspecified atom stereocenters. The van der Waals surface area contributed by atoms with Crippen molar-refractivity contribution in [2.24, 2.45) is 0 Å². The third kappa shape index (κ3) is 3.88. The highest BCUT2D eigenvalue weighted by Gasteiger charge is 2.37. The second-order valence-corrected chi connectivity index (χ2v) is 13.9. The highest BCUT2D eigenvalue weighted by molar-refractivity contribution is 9.10.